The van der Waals surface area contributed by atoms with Crippen LogP contribution in [0.1, 0.15) is 5.56 Å². The Bertz CT molecular complexity index is 326. The summed E-state index contributed by atoms with van der Waals surface area (Å²) in [5.41, 5.74) is 1.13. The first-order chi connectivity index (χ1) is 7.83. The summed E-state index contributed by atoms with van der Waals surface area (Å²) in [5.74, 6) is 1.41. The van der Waals surface area contributed by atoms with E-state index < -0.39 is 0 Å². The van der Waals surface area contributed by atoms with Crippen LogP contribution < -0.4 is 4.74 Å². The van der Waals surface area contributed by atoms with Crippen LogP contribution in [-0.4, -0.2) is 31.8 Å². The molecule has 1 aliphatic heterocycles. The second-order valence-electron chi connectivity index (χ2n) is 3.73. The SMILES string of the molecule is COc1ccc(COC[C@@H]2O[C@H]2CCl)cc1. The van der Waals surface area contributed by atoms with Gasteiger partial charge >= 0.3 is 0 Å². The predicted molar refractivity (Wildman–Crippen MR) is 62.0 cm³/mol. The first-order valence-corrected chi connectivity index (χ1v) is 5.79. The first-order valence-electron chi connectivity index (χ1n) is 5.25. The molecule has 0 radical (unpaired) electrons. The Hall–Kier alpha value is -0.770. The van der Waals surface area contributed by atoms with E-state index >= 15 is 0 Å². The molecule has 0 bridgehead atoms. The van der Waals surface area contributed by atoms with Gasteiger partial charge in [-0.25, -0.2) is 0 Å². The summed E-state index contributed by atoms with van der Waals surface area (Å²) < 4.78 is 15.9. The summed E-state index contributed by atoms with van der Waals surface area (Å²) in [6, 6.07) is 7.83. The molecule has 0 N–H and O–H groups in total. The molecule has 0 amide bonds. The number of methoxy groups -OCH3 is 1. The number of halogens is 1. The lowest BCUT2D eigenvalue weighted by atomic mass is 10.2. The third-order valence-corrected chi connectivity index (χ3v) is 2.85. The minimum atomic E-state index is 0.191. The quantitative estimate of drug-likeness (QED) is 0.566. The van der Waals surface area contributed by atoms with Gasteiger partial charge in [0, 0.05) is 0 Å². The Kier molecular flexibility index (Phi) is 4.04. The van der Waals surface area contributed by atoms with Gasteiger partial charge in [-0.2, -0.15) is 0 Å². The maximum atomic E-state index is 5.63. The second kappa shape index (κ2) is 5.53. The molecule has 1 heterocycles. The minimum Gasteiger partial charge on any atom is -0.497 e. The van der Waals surface area contributed by atoms with Gasteiger partial charge in [-0.15, -0.1) is 11.6 Å². The molecule has 1 aromatic rings. The lowest BCUT2D eigenvalue weighted by Gasteiger charge is -2.04. The lowest BCUT2D eigenvalue weighted by molar-refractivity contribution is 0.104. The third-order valence-electron chi connectivity index (χ3n) is 2.55. The van der Waals surface area contributed by atoms with E-state index in [-0.39, 0.29) is 12.2 Å². The van der Waals surface area contributed by atoms with Crippen LogP contribution in [-0.2, 0) is 16.1 Å². The molecule has 0 unspecified atom stereocenters. The zero-order valence-corrected chi connectivity index (χ0v) is 9.94. The van der Waals surface area contributed by atoms with Crippen molar-refractivity contribution in [3.8, 4) is 5.75 Å². The third kappa shape index (κ3) is 3.11. The predicted octanol–water partition coefficient (Wildman–Crippen LogP) is 2.22. The molecule has 0 spiro atoms. The number of hydrogen-bond donors (Lipinski definition) is 0. The molecule has 0 aromatic heterocycles. The summed E-state index contributed by atoms with van der Waals surface area (Å²) in [4.78, 5) is 0. The van der Waals surface area contributed by atoms with Crippen LogP contribution in [0.25, 0.3) is 0 Å². The highest BCUT2D eigenvalue weighted by Gasteiger charge is 2.37. The van der Waals surface area contributed by atoms with E-state index in [1.165, 1.54) is 0 Å². The molecule has 3 nitrogen and oxygen atoms in total. The molecule has 16 heavy (non-hydrogen) atoms. The Morgan fingerprint density at radius 3 is 2.56 bits per heavy atom. The van der Waals surface area contributed by atoms with Gasteiger partial charge in [0.15, 0.2) is 0 Å². The van der Waals surface area contributed by atoms with Crippen LogP contribution in [0.5, 0.6) is 5.75 Å². The van der Waals surface area contributed by atoms with Crippen molar-refractivity contribution in [2.24, 2.45) is 0 Å². The fourth-order valence-electron chi connectivity index (χ4n) is 1.48. The highest BCUT2D eigenvalue weighted by atomic mass is 35.5. The molecule has 1 aromatic carbocycles. The fourth-order valence-corrected chi connectivity index (χ4v) is 1.75. The van der Waals surface area contributed by atoms with Crippen LogP contribution in [0.15, 0.2) is 24.3 Å². The van der Waals surface area contributed by atoms with Crippen molar-refractivity contribution < 1.29 is 14.2 Å². The van der Waals surface area contributed by atoms with Crippen molar-refractivity contribution >= 4 is 11.6 Å². The molecule has 2 atom stereocenters. The van der Waals surface area contributed by atoms with Gasteiger partial charge in [0.2, 0.25) is 0 Å². The average Bonchev–Trinajstić information content (AvgIpc) is 3.09. The van der Waals surface area contributed by atoms with Gasteiger partial charge in [-0.05, 0) is 17.7 Å². The largest absolute Gasteiger partial charge is 0.497 e. The number of benzene rings is 1. The highest BCUT2D eigenvalue weighted by Crippen LogP contribution is 2.23. The molecular weight excluding hydrogens is 228 g/mol. The second-order valence-corrected chi connectivity index (χ2v) is 4.04. The van der Waals surface area contributed by atoms with E-state index in [0.29, 0.717) is 19.1 Å². The number of epoxide rings is 1. The zero-order chi connectivity index (χ0) is 11.4. The van der Waals surface area contributed by atoms with E-state index in [1.54, 1.807) is 7.11 Å². The maximum absolute atomic E-state index is 5.63. The Morgan fingerprint density at radius 1 is 1.25 bits per heavy atom. The highest BCUT2D eigenvalue weighted by molar-refractivity contribution is 6.18. The average molecular weight is 243 g/mol. The number of rotatable bonds is 6. The molecule has 0 saturated carbocycles. The van der Waals surface area contributed by atoms with E-state index in [9.17, 15) is 0 Å². The Morgan fingerprint density at radius 2 is 2.00 bits per heavy atom. The molecule has 4 heteroatoms. The molecule has 88 valence electrons. The van der Waals surface area contributed by atoms with Crippen LogP contribution >= 0.6 is 11.6 Å². The summed E-state index contributed by atoms with van der Waals surface area (Å²) in [7, 11) is 1.65. The monoisotopic (exact) mass is 242 g/mol. The van der Waals surface area contributed by atoms with E-state index in [0.717, 1.165) is 11.3 Å². The fraction of sp³-hybridized carbons (Fsp3) is 0.500. The van der Waals surface area contributed by atoms with Crippen molar-refractivity contribution in [2.45, 2.75) is 18.8 Å². The molecule has 1 aliphatic rings. The maximum Gasteiger partial charge on any atom is 0.118 e. The molecule has 1 saturated heterocycles. The molecule has 0 aliphatic carbocycles. The van der Waals surface area contributed by atoms with E-state index in [2.05, 4.69) is 0 Å². The van der Waals surface area contributed by atoms with Gasteiger partial charge in [-0.1, -0.05) is 12.1 Å². The summed E-state index contributed by atoms with van der Waals surface area (Å²) in [6.07, 6.45) is 0.383. The smallest absolute Gasteiger partial charge is 0.118 e. The van der Waals surface area contributed by atoms with Crippen LogP contribution in [0, 0.1) is 0 Å². The summed E-state index contributed by atoms with van der Waals surface area (Å²) in [5, 5.41) is 0. The van der Waals surface area contributed by atoms with Gasteiger partial charge < -0.3 is 14.2 Å². The molecule has 2 rings (SSSR count). The van der Waals surface area contributed by atoms with Gasteiger partial charge in [0.1, 0.15) is 18.0 Å². The lowest BCUT2D eigenvalue weighted by Crippen LogP contribution is -2.05. The van der Waals surface area contributed by atoms with Gasteiger partial charge in [0.05, 0.1) is 26.2 Å². The minimum absolute atomic E-state index is 0.191. The number of ether oxygens (including phenoxy) is 3. The normalized spacial score (nSPS) is 23.1. The van der Waals surface area contributed by atoms with Crippen molar-refractivity contribution in [1.29, 1.82) is 0 Å². The first kappa shape index (κ1) is 11.7. The van der Waals surface area contributed by atoms with E-state index in [4.69, 9.17) is 25.8 Å². The molecule has 1 fully saturated rings. The van der Waals surface area contributed by atoms with Crippen molar-refractivity contribution in [3.63, 3.8) is 0 Å². The van der Waals surface area contributed by atoms with Crippen LogP contribution in [0.3, 0.4) is 0 Å². The van der Waals surface area contributed by atoms with E-state index in [1.807, 2.05) is 24.3 Å². The standard InChI is InChI=1S/C12H15ClO3/c1-14-10-4-2-9(3-5-10)7-15-8-12-11(6-13)16-12/h2-5,11-12H,6-8H2,1H3/t11-,12-/m0/s1. The topological polar surface area (TPSA) is 31.0 Å². The van der Waals surface area contributed by atoms with Gasteiger partial charge in [-0.3, -0.25) is 0 Å². The van der Waals surface area contributed by atoms with Crippen LogP contribution in [0.4, 0.5) is 0 Å². The summed E-state index contributed by atoms with van der Waals surface area (Å²) in [6.45, 7) is 1.21. The zero-order valence-electron chi connectivity index (χ0n) is 9.19. The van der Waals surface area contributed by atoms with Crippen molar-refractivity contribution in [3.05, 3.63) is 29.8 Å². The molecular formula is C12H15ClO3. The summed E-state index contributed by atoms with van der Waals surface area (Å²) >= 11 is 5.63. The van der Waals surface area contributed by atoms with Crippen molar-refractivity contribution in [1.82, 2.24) is 0 Å². The van der Waals surface area contributed by atoms with Crippen molar-refractivity contribution in [2.75, 3.05) is 19.6 Å². The Balaban J connectivity index is 1.69. The van der Waals surface area contributed by atoms with Crippen LogP contribution in [0.2, 0.25) is 0 Å². The van der Waals surface area contributed by atoms with Gasteiger partial charge in [0.25, 0.3) is 0 Å². The number of hydrogen-bond acceptors (Lipinski definition) is 3. The Labute approximate surface area is 100 Å². The number of alkyl halides is 1.